The van der Waals surface area contributed by atoms with Gasteiger partial charge < -0.3 is 4.74 Å². The first-order valence-electron chi connectivity index (χ1n) is 11.2. The Balaban J connectivity index is 1.80. The van der Waals surface area contributed by atoms with Crippen molar-refractivity contribution in [2.75, 3.05) is 4.90 Å². The number of hydrogen-bond acceptors (Lipinski definition) is 5. The van der Waals surface area contributed by atoms with Crippen LogP contribution in [0.25, 0.3) is 10.8 Å². The Bertz CT molecular complexity index is 1400. The van der Waals surface area contributed by atoms with E-state index in [0.29, 0.717) is 16.5 Å². The summed E-state index contributed by atoms with van der Waals surface area (Å²) in [6.07, 6.45) is 0. The van der Waals surface area contributed by atoms with Gasteiger partial charge in [-0.25, -0.2) is 14.5 Å². The normalized spacial score (nSPS) is 15.8. The van der Waals surface area contributed by atoms with Crippen molar-refractivity contribution in [3.05, 3.63) is 75.8 Å². The van der Waals surface area contributed by atoms with Crippen molar-refractivity contribution in [2.24, 2.45) is 0 Å². The van der Waals surface area contributed by atoms with Gasteiger partial charge in [0.15, 0.2) is 0 Å². The summed E-state index contributed by atoms with van der Waals surface area (Å²) < 4.78 is 4.82. The molecule has 0 fully saturated rings. The fourth-order valence-electron chi connectivity index (χ4n) is 4.76. The maximum atomic E-state index is 13.9. The first-order chi connectivity index (χ1) is 15.8. The van der Waals surface area contributed by atoms with Crippen LogP contribution in [0.15, 0.2) is 42.5 Å². The molecule has 0 N–H and O–H groups in total. The van der Waals surface area contributed by atoms with Crippen LogP contribution >= 0.6 is 0 Å². The Morgan fingerprint density at radius 2 is 1.09 bits per heavy atom. The van der Waals surface area contributed by atoms with Gasteiger partial charge in [0.1, 0.15) is 0 Å². The number of imide groups is 1. The summed E-state index contributed by atoms with van der Waals surface area (Å²) in [6.45, 7) is 12.4. The predicted octanol–water partition coefficient (Wildman–Crippen LogP) is 5.55. The SMILES string of the molecule is CC(C)(C)c1ccc(C(C)(C)C)c(N2C(=O)c3ccc4c5c(ccc(c35)C2=O)C(=O)OC4=O)c1. The Morgan fingerprint density at radius 3 is 1.56 bits per heavy atom. The summed E-state index contributed by atoms with van der Waals surface area (Å²) in [5, 5.41) is 0.632. The van der Waals surface area contributed by atoms with E-state index in [0.717, 1.165) is 11.1 Å². The van der Waals surface area contributed by atoms with E-state index in [1.807, 2.05) is 39.0 Å². The molecule has 5 rings (SSSR count). The predicted molar refractivity (Wildman–Crippen MR) is 129 cm³/mol. The van der Waals surface area contributed by atoms with Crippen LogP contribution < -0.4 is 4.90 Å². The topological polar surface area (TPSA) is 80.8 Å². The number of hydrogen-bond donors (Lipinski definition) is 0. The number of anilines is 1. The highest BCUT2D eigenvalue weighted by Gasteiger charge is 2.40. The monoisotopic (exact) mass is 455 g/mol. The molecule has 0 radical (unpaired) electrons. The molecule has 0 unspecified atom stereocenters. The van der Waals surface area contributed by atoms with E-state index in [1.54, 1.807) is 0 Å². The van der Waals surface area contributed by atoms with Crippen molar-refractivity contribution >= 4 is 40.2 Å². The fourth-order valence-corrected chi connectivity index (χ4v) is 4.76. The number of amides is 2. The summed E-state index contributed by atoms with van der Waals surface area (Å²) in [4.78, 5) is 53.6. The van der Waals surface area contributed by atoms with Crippen molar-refractivity contribution in [1.82, 2.24) is 0 Å². The fraction of sp³-hybridized carbons (Fsp3) is 0.286. The zero-order valence-corrected chi connectivity index (χ0v) is 20.0. The van der Waals surface area contributed by atoms with E-state index in [4.69, 9.17) is 4.74 Å². The van der Waals surface area contributed by atoms with Gasteiger partial charge in [0, 0.05) is 21.9 Å². The molecule has 0 atom stereocenters. The minimum atomic E-state index is -0.781. The molecule has 3 aromatic rings. The number of carbonyl (C=O) groups is 4. The van der Waals surface area contributed by atoms with Gasteiger partial charge in [-0.15, -0.1) is 0 Å². The lowest BCUT2D eigenvalue weighted by Gasteiger charge is -2.34. The Kier molecular flexibility index (Phi) is 4.44. The largest absolute Gasteiger partial charge is 0.386 e. The number of ether oxygens (including phenoxy) is 1. The van der Waals surface area contributed by atoms with Gasteiger partial charge in [0.05, 0.1) is 16.8 Å². The molecule has 2 aliphatic rings. The number of carbonyl (C=O) groups excluding carboxylic acids is 4. The number of benzene rings is 3. The molecule has 34 heavy (non-hydrogen) atoms. The third kappa shape index (κ3) is 3.01. The number of esters is 2. The van der Waals surface area contributed by atoms with E-state index in [9.17, 15) is 19.2 Å². The smallest absolute Gasteiger partial charge is 0.346 e. The molecule has 6 nitrogen and oxygen atoms in total. The molecular weight excluding hydrogens is 430 g/mol. The van der Waals surface area contributed by atoms with E-state index in [1.165, 1.54) is 29.2 Å². The summed E-state index contributed by atoms with van der Waals surface area (Å²) in [5.74, 6) is -2.53. The van der Waals surface area contributed by atoms with Crippen molar-refractivity contribution in [3.8, 4) is 0 Å². The van der Waals surface area contributed by atoms with Crippen LogP contribution in [0.3, 0.4) is 0 Å². The number of rotatable bonds is 1. The highest BCUT2D eigenvalue weighted by Crippen LogP contribution is 2.42. The third-order valence-corrected chi connectivity index (χ3v) is 6.57. The molecule has 0 saturated heterocycles. The van der Waals surface area contributed by atoms with Gasteiger partial charge in [0.2, 0.25) is 0 Å². The summed E-state index contributed by atoms with van der Waals surface area (Å²) in [7, 11) is 0. The Labute approximate surface area is 197 Å². The van der Waals surface area contributed by atoms with Crippen molar-refractivity contribution in [3.63, 3.8) is 0 Å². The number of cyclic esters (lactones) is 2. The van der Waals surface area contributed by atoms with Crippen molar-refractivity contribution < 1.29 is 23.9 Å². The molecule has 3 aromatic carbocycles. The zero-order valence-electron chi connectivity index (χ0n) is 20.0. The molecule has 172 valence electrons. The van der Waals surface area contributed by atoms with Crippen LogP contribution in [0.1, 0.15) is 94.1 Å². The maximum absolute atomic E-state index is 13.9. The lowest BCUT2D eigenvalue weighted by molar-refractivity contribution is 0.0390. The lowest BCUT2D eigenvalue weighted by Crippen LogP contribution is -2.42. The molecule has 2 aliphatic heterocycles. The highest BCUT2D eigenvalue weighted by atomic mass is 16.6. The molecule has 0 spiro atoms. The number of nitrogens with zero attached hydrogens (tertiary/aromatic N) is 1. The lowest BCUT2D eigenvalue weighted by atomic mass is 9.80. The molecule has 0 aliphatic carbocycles. The summed E-state index contributed by atoms with van der Waals surface area (Å²) in [6, 6.07) is 12.0. The zero-order chi connectivity index (χ0) is 24.7. The van der Waals surface area contributed by atoms with E-state index < -0.39 is 23.8 Å². The molecule has 2 heterocycles. The van der Waals surface area contributed by atoms with Gasteiger partial charge in [-0.3, -0.25) is 9.59 Å². The van der Waals surface area contributed by atoms with Crippen LogP contribution in [0.4, 0.5) is 5.69 Å². The van der Waals surface area contributed by atoms with Gasteiger partial charge in [-0.2, -0.15) is 0 Å². The van der Waals surface area contributed by atoms with Crippen LogP contribution in [0.2, 0.25) is 0 Å². The van der Waals surface area contributed by atoms with Crippen LogP contribution in [-0.4, -0.2) is 23.8 Å². The second-order valence-electron chi connectivity index (χ2n) is 10.9. The van der Waals surface area contributed by atoms with Crippen LogP contribution in [0, 0.1) is 0 Å². The average molecular weight is 456 g/mol. The standard InChI is InChI=1S/C28H25NO5/c1-27(2,3)14-7-12-19(28(4,5)6)20(13-14)29-23(30)15-8-10-17-22-18(26(33)34-25(17)32)11-9-16(21(15)22)24(29)31/h7-13H,1-6H3. The summed E-state index contributed by atoms with van der Waals surface area (Å²) >= 11 is 0. The molecular formula is C28H25NO5. The average Bonchev–Trinajstić information content (AvgIpc) is 2.74. The third-order valence-electron chi connectivity index (χ3n) is 6.57. The van der Waals surface area contributed by atoms with Crippen LogP contribution in [-0.2, 0) is 15.6 Å². The minimum Gasteiger partial charge on any atom is -0.386 e. The van der Waals surface area contributed by atoms with Crippen molar-refractivity contribution in [2.45, 2.75) is 52.4 Å². The van der Waals surface area contributed by atoms with Gasteiger partial charge in [-0.1, -0.05) is 53.7 Å². The second-order valence-corrected chi connectivity index (χ2v) is 10.9. The minimum absolute atomic E-state index is 0.175. The summed E-state index contributed by atoms with van der Waals surface area (Å²) in [5.41, 5.74) is 2.81. The van der Waals surface area contributed by atoms with Gasteiger partial charge in [0.25, 0.3) is 11.8 Å². The highest BCUT2D eigenvalue weighted by molar-refractivity contribution is 6.38. The molecule has 2 amide bonds. The van der Waals surface area contributed by atoms with Crippen LogP contribution in [0.5, 0.6) is 0 Å². The molecule has 6 heteroatoms. The van der Waals surface area contributed by atoms with Crippen molar-refractivity contribution in [1.29, 1.82) is 0 Å². The van der Waals surface area contributed by atoms with Gasteiger partial charge >= 0.3 is 11.9 Å². The van der Waals surface area contributed by atoms with E-state index in [-0.39, 0.29) is 33.1 Å². The van der Waals surface area contributed by atoms with E-state index in [2.05, 4.69) is 20.8 Å². The maximum Gasteiger partial charge on any atom is 0.346 e. The molecule has 0 saturated carbocycles. The Hall–Kier alpha value is -3.80. The molecule has 0 aromatic heterocycles. The quantitative estimate of drug-likeness (QED) is 0.273. The first kappa shape index (κ1) is 22.0. The second kappa shape index (κ2) is 6.86. The van der Waals surface area contributed by atoms with E-state index >= 15 is 0 Å². The first-order valence-corrected chi connectivity index (χ1v) is 11.2. The molecule has 0 bridgehead atoms. The Morgan fingerprint density at radius 1 is 0.618 bits per heavy atom. The van der Waals surface area contributed by atoms with Gasteiger partial charge in [-0.05, 0) is 52.3 Å².